The Bertz CT molecular complexity index is 1050. The summed E-state index contributed by atoms with van der Waals surface area (Å²) in [4.78, 5) is 23.7. The molecule has 4 heterocycles. The van der Waals surface area contributed by atoms with Gasteiger partial charge in [0.2, 0.25) is 0 Å². The highest BCUT2D eigenvalue weighted by Gasteiger charge is 2.19. The van der Waals surface area contributed by atoms with Gasteiger partial charge in [0.1, 0.15) is 5.75 Å². The molecule has 8 heteroatoms. The van der Waals surface area contributed by atoms with Crippen LogP contribution in [0.3, 0.4) is 0 Å². The van der Waals surface area contributed by atoms with Gasteiger partial charge in [-0.15, -0.1) is 0 Å². The Morgan fingerprint density at radius 3 is 2.70 bits per heavy atom. The standard InChI is InChI=1S/C22H26BrN5O2/c1-30-19-12-21-20(26-15-19)4-5-22(29)28(21)11-10-27-8-6-17(7-9-27)25-14-18-3-2-16(23)13-24-18/h2-5,12-13,15,17,25H,6-11,14H2,1H3. The molecule has 0 spiro atoms. The minimum absolute atomic E-state index is 0.00361. The Morgan fingerprint density at radius 1 is 1.13 bits per heavy atom. The van der Waals surface area contributed by atoms with Crippen molar-refractivity contribution in [2.75, 3.05) is 26.7 Å². The van der Waals surface area contributed by atoms with Gasteiger partial charge in [0.15, 0.2) is 0 Å². The zero-order chi connectivity index (χ0) is 20.9. The zero-order valence-corrected chi connectivity index (χ0v) is 18.6. The summed E-state index contributed by atoms with van der Waals surface area (Å²) in [5, 5.41) is 3.62. The molecule has 158 valence electrons. The first kappa shape index (κ1) is 21.0. The van der Waals surface area contributed by atoms with Crippen molar-refractivity contribution in [3.8, 4) is 5.75 Å². The first-order valence-corrected chi connectivity index (χ1v) is 11.0. The van der Waals surface area contributed by atoms with E-state index in [9.17, 15) is 4.79 Å². The van der Waals surface area contributed by atoms with Gasteiger partial charge >= 0.3 is 0 Å². The molecule has 30 heavy (non-hydrogen) atoms. The summed E-state index contributed by atoms with van der Waals surface area (Å²) in [6.07, 6.45) is 5.70. The van der Waals surface area contributed by atoms with Crippen LogP contribution < -0.4 is 15.6 Å². The SMILES string of the molecule is COc1cnc2ccc(=O)n(CCN3CCC(NCc4ccc(Br)cn4)CC3)c2c1. The van der Waals surface area contributed by atoms with Crippen molar-refractivity contribution in [3.63, 3.8) is 0 Å². The number of halogens is 1. The smallest absolute Gasteiger partial charge is 0.251 e. The second kappa shape index (κ2) is 9.68. The normalized spacial score (nSPS) is 15.5. The molecule has 0 atom stereocenters. The number of hydrogen-bond acceptors (Lipinski definition) is 6. The monoisotopic (exact) mass is 471 g/mol. The number of likely N-dealkylation sites (tertiary alicyclic amines) is 1. The Balaban J connectivity index is 1.31. The predicted molar refractivity (Wildman–Crippen MR) is 121 cm³/mol. The molecular weight excluding hydrogens is 446 g/mol. The molecule has 0 bridgehead atoms. The quantitative estimate of drug-likeness (QED) is 0.571. The fourth-order valence-corrected chi connectivity index (χ4v) is 4.09. The number of methoxy groups -OCH3 is 1. The van der Waals surface area contributed by atoms with Crippen LogP contribution in [0, 0.1) is 0 Å². The third kappa shape index (κ3) is 5.06. The highest BCUT2D eigenvalue weighted by Crippen LogP contribution is 2.17. The molecule has 3 aromatic heterocycles. The van der Waals surface area contributed by atoms with Gasteiger partial charge in [0, 0.05) is 48.5 Å². The lowest BCUT2D eigenvalue weighted by molar-refractivity contribution is 0.191. The van der Waals surface area contributed by atoms with E-state index in [2.05, 4.69) is 36.1 Å². The van der Waals surface area contributed by atoms with Gasteiger partial charge in [-0.2, -0.15) is 0 Å². The first-order chi connectivity index (χ1) is 14.6. The van der Waals surface area contributed by atoms with Crippen molar-refractivity contribution in [2.24, 2.45) is 0 Å². The Kier molecular flexibility index (Phi) is 6.76. The van der Waals surface area contributed by atoms with E-state index in [4.69, 9.17) is 4.74 Å². The molecule has 0 unspecified atom stereocenters. The van der Waals surface area contributed by atoms with Crippen LogP contribution in [0.2, 0.25) is 0 Å². The van der Waals surface area contributed by atoms with Crippen LogP contribution in [-0.4, -0.2) is 52.2 Å². The van der Waals surface area contributed by atoms with E-state index in [1.165, 1.54) is 0 Å². The molecule has 1 aliphatic heterocycles. The van der Waals surface area contributed by atoms with E-state index < -0.39 is 0 Å². The van der Waals surface area contributed by atoms with Gasteiger partial charge in [-0.3, -0.25) is 14.8 Å². The summed E-state index contributed by atoms with van der Waals surface area (Å²) < 4.78 is 8.08. The van der Waals surface area contributed by atoms with Gasteiger partial charge in [0.05, 0.1) is 30.0 Å². The maximum atomic E-state index is 12.5. The van der Waals surface area contributed by atoms with Crippen LogP contribution in [0.15, 0.2) is 52.0 Å². The van der Waals surface area contributed by atoms with Gasteiger partial charge in [0.25, 0.3) is 5.56 Å². The van der Waals surface area contributed by atoms with E-state index in [1.54, 1.807) is 30.0 Å². The minimum Gasteiger partial charge on any atom is -0.495 e. The summed E-state index contributed by atoms with van der Waals surface area (Å²) in [6.45, 7) is 4.32. The average molecular weight is 472 g/mol. The van der Waals surface area contributed by atoms with E-state index in [0.29, 0.717) is 18.3 Å². The molecule has 1 fully saturated rings. The maximum absolute atomic E-state index is 12.5. The Labute approximate surface area is 184 Å². The Hall–Kier alpha value is -2.29. The maximum Gasteiger partial charge on any atom is 0.251 e. The van der Waals surface area contributed by atoms with Crippen LogP contribution in [0.25, 0.3) is 11.0 Å². The number of hydrogen-bond donors (Lipinski definition) is 1. The zero-order valence-electron chi connectivity index (χ0n) is 17.1. The summed E-state index contributed by atoms with van der Waals surface area (Å²) in [6, 6.07) is 9.81. The number of nitrogens with one attached hydrogen (secondary N) is 1. The number of pyridine rings is 3. The largest absolute Gasteiger partial charge is 0.495 e. The molecular formula is C22H26BrN5O2. The van der Waals surface area contributed by atoms with Crippen molar-refractivity contribution < 1.29 is 4.74 Å². The third-order valence-electron chi connectivity index (χ3n) is 5.64. The van der Waals surface area contributed by atoms with Crippen molar-refractivity contribution in [3.05, 3.63) is 63.2 Å². The third-order valence-corrected chi connectivity index (χ3v) is 6.11. The molecule has 0 aromatic carbocycles. The number of ether oxygens (including phenoxy) is 1. The molecule has 1 N–H and O–H groups in total. The second-order valence-electron chi connectivity index (χ2n) is 7.57. The molecule has 1 saturated heterocycles. The molecule has 0 radical (unpaired) electrons. The van der Waals surface area contributed by atoms with Crippen LogP contribution in [0.5, 0.6) is 5.75 Å². The molecule has 4 rings (SSSR count). The highest BCUT2D eigenvalue weighted by molar-refractivity contribution is 9.10. The lowest BCUT2D eigenvalue weighted by Crippen LogP contribution is -2.43. The first-order valence-electron chi connectivity index (χ1n) is 10.2. The number of rotatable bonds is 7. The molecule has 0 saturated carbocycles. The van der Waals surface area contributed by atoms with E-state index in [-0.39, 0.29) is 5.56 Å². The molecule has 3 aromatic rings. The van der Waals surface area contributed by atoms with Gasteiger partial charge < -0.3 is 19.5 Å². The summed E-state index contributed by atoms with van der Waals surface area (Å²) >= 11 is 3.42. The van der Waals surface area contributed by atoms with Crippen LogP contribution in [-0.2, 0) is 13.1 Å². The van der Waals surface area contributed by atoms with Crippen LogP contribution in [0.1, 0.15) is 18.5 Å². The van der Waals surface area contributed by atoms with Crippen molar-refractivity contribution in [2.45, 2.75) is 32.0 Å². The molecule has 1 aliphatic rings. The van der Waals surface area contributed by atoms with Crippen LogP contribution in [0.4, 0.5) is 0 Å². The fraction of sp³-hybridized carbons (Fsp3) is 0.409. The lowest BCUT2D eigenvalue weighted by atomic mass is 10.0. The average Bonchev–Trinajstić information content (AvgIpc) is 2.78. The number of fused-ring (bicyclic) bond motifs is 1. The molecule has 0 aliphatic carbocycles. The Morgan fingerprint density at radius 2 is 1.97 bits per heavy atom. The summed E-state index contributed by atoms with van der Waals surface area (Å²) in [7, 11) is 1.61. The summed E-state index contributed by atoms with van der Waals surface area (Å²) in [5.74, 6) is 0.661. The second-order valence-corrected chi connectivity index (χ2v) is 8.48. The van der Waals surface area contributed by atoms with Gasteiger partial charge in [-0.05, 0) is 60.1 Å². The van der Waals surface area contributed by atoms with E-state index in [1.807, 2.05) is 24.4 Å². The minimum atomic E-state index is -0.00361. The highest BCUT2D eigenvalue weighted by atomic mass is 79.9. The summed E-state index contributed by atoms with van der Waals surface area (Å²) in [5.41, 5.74) is 2.68. The predicted octanol–water partition coefficient (Wildman–Crippen LogP) is 2.82. The number of aromatic nitrogens is 3. The molecule has 0 amide bonds. The number of nitrogens with zero attached hydrogens (tertiary/aromatic N) is 4. The van der Waals surface area contributed by atoms with Crippen molar-refractivity contribution in [1.82, 2.24) is 24.8 Å². The van der Waals surface area contributed by atoms with Gasteiger partial charge in [-0.25, -0.2) is 0 Å². The van der Waals surface area contributed by atoms with Crippen molar-refractivity contribution >= 4 is 27.0 Å². The lowest BCUT2D eigenvalue weighted by Gasteiger charge is -2.32. The van der Waals surface area contributed by atoms with E-state index >= 15 is 0 Å². The topological polar surface area (TPSA) is 72.3 Å². The van der Waals surface area contributed by atoms with Crippen LogP contribution >= 0.6 is 15.9 Å². The number of piperidine rings is 1. The molecule has 7 nitrogen and oxygen atoms in total. The van der Waals surface area contributed by atoms with Crippen molar-refractivity contribution in [1.29, 1.82) is 0 Å². The van der Waals surface area contributed by atoms with Gasteiger partial charge in [-0.1, -0.05) is 0 Å². The van der Waals surface area contributed by atoms with E-state index in [0.717, 1.165) is 60.2 Å². The fourth-order valence-electron chi connectivity index (χ4n) is 3.85.